The first kappa shape index (κ1) is 9.94. The molecule has 0 aliphatic rings. The van der Waals surface area contributed by atoms with Crippen LogP contribution in [0.3, 0.4) is 0 Å². The summed E-state index contributed by atoms with van der Waals surface area (Å²) in [4.78, 5) is 1.09. The van der Waals surface area contributed by atoms with Gasteiger partial charge in [0.05, 0.1) is 5.88 Å². The van der Waals surface area contributed by atoms with Crippen LogP contribution in [0.25, 0.3) is 10.1 Å². The highest BCUT2D eigenvalue weighted by Crippen LogP contribution is 2.34. The summed E-state index contributed by atoms with van der Waals surface area (Å²) in [6.07, 6.45) is 0.836. The van der Waals surface area contributed by atoms with Gasteiger partial charge in [0.1, 0.15) is 5.82 Å². The molecule has 14 heavy (non-hydrogen) atoms. The van der Waals surface area contributed by atoms with Crippen molar-refractivity contribution in [3.05, 3.63) is 34.5 Å². The first-order chi connectivity index (χ1) is 6.77. The van der Waals surface area contributed by atoms with Crippen LogP contribution in [-0.4, -0.2) is 0 Å². The van der Waals surface area contributed by atoms with Crippen LogP contribution in [0, 0.1) is 5.82 Å². The molecule has 0 amide bonds. The summed E-state index contributed by atoms with van der Waals surface area (Å²) < 4.78 is 14.5. The van der Waals surface area contributed by atoms with Gasteiger partial charge in [-0.05, 0) is 24.1 Å². The molecule has 1 aromatic carbocycles. The van der Waals surface area contributed by atoms with Crippen LogP contribution in [0.5, 0.6) is 0 Å². The molecule has 0 N–H and O–H groups in total. The van der Waals surface area contributed by atoms with E-state index in [1.54, 1.807) is 17.4 Å². The number of halogens is 2. The summed E-state index contributed by atoms with van der Waals surface area (Å²) in [7, 11) is 0. The molecular weight excluding hydrogens is 219 g/mol. The zero-order chi connectivity index (χ0) is 10.1. The Morgan fingerprint density at radius 2 is 2.21 bits per heavy atom. The molecule has 2 aromatic rings. The molecule has 1 aromatic heterocycles. The molecule has 2 rings (SSSR count). The summed E-state index contributed by atoms with van der Waals surface area (Å²) in [5.41, 5.74) is 1.07. The lowest BCUT2D eigenvalue weighted by Crippen LogP contribution is -1.85. The minimum atomic E-state index is -0.132. The van der Waals surface area contributed by atoms with Crippen LogP contribution in [-0.2, 0) is 12.3 Å². The molecule has 0 saturated carbocycles. The maximum absolute atomic E-state index is 13.5. The lowest BCUT2D eigenvalue weighted by Gasteiger charge is -1.97. The third kappa shape index (κ3) is 1.43. The first-order valence-corrected chi connectivity index (χ1v) is 5.87. The molecule has 0 saturated heterocycles. The summed E-state index contributed by atoms with van der Waals surface area (Å²) in [6, 6.07) is 5.19. The van der Waals surface area contributed by atoms with Crippen molar-refractivity contribution < 1.29 is 4.39 Å². The Balaban J connectivity index is 2.81. The molecule has 0 aliphatic carbocycles. The van der Waals surface area contributed by atoms with E-state index in [2.05, 4.69) is 0 Å². The van der Waals surface area contributed by atoms with Gasteiger partial charge in [-0.15, -0.1) is 22.9 Å². The van der Waals surface area contributed by atoms with E-state index in [4.69, 9.17) is 11.6 Å². The maximum Gasteiger partial charge on any atom is 0.132 e. The predicted molar refractivity (Wildman–Crippen MR) is 60.7 cm³/mol. The molecule has 0 fully saturated rings. The normalized spacial score (nSPS) is 11.1. The van der Waals surface area contributed by atoms with Gasteiger partial charge in [-0.2, -0.15) is 0 Å². The SMILES string of the molecule is CCc1c(CCl)sc2cccc(F)c12. The van der Waals surface area contributed by atoms with Crippen LogP contribution in [0.1, 0.15) is 17.4 Å². The smallest absolute Gasteiger partial charge is 0.132 e. The van der Waals surface area contributed by atoms with Crippen LogP contribution in [0.4, 0.5) is 4.39 Å². The fourth-order valence-electron chi connectivity index (χ4n) is 1.70. The van der Waals surface area contributed by atoms with Gasteiger partial charge in [0.15, 0.2) is 0 Å². The van der Waals surface area contributed by atoms with E-state index in [1.165, 1.54) is 6.07 Å². The second-order valence-corrected chi connectivity index (χ2v) is 4.51. The van der Waals surface area contributed by atoms with Crippen molar-refractivity contribution in [3.8, 4) is 0 Å². The van der Waals surface area contributed by atoms with Crippen molar-refractivity contribution in [1.29, 1.82) is 0 Å². The Morgan fingerprint density at radius 3 is 2.86 bits per heavy atom. The van der Waals surface area contributed by atoms with E-state index in [9.17, 15) is 4.39 Å². The zero-order valence-electron chi connectivity index (χ0n) is 7.81. The van der Waals surface area contributed by atoms with Crippen molar-refractivity contribution in [3.63, 3.8) is 0 Å². The van der Waals surface area contributed by atoms with Crippen molar-refractivity contribution >= 4 is 33.0 Å². The van der Waals surface area contributed by atoms with Gasteiger partial charge in [-0.1, -0.05) is 13.0 Å². The number of hydrogen-bond acceptors (Lipinski definition) is 1. The van der Waals surface area contributed by atoms with Gasteiger partial charge in [-0.3, -0.25) is 0 Å². The number of hydrogen-bond donors (Lipinski definition) is 0. The molecule has 0 nitrogen and oxygen atoms in total. The molecule has 0 radical (unpaired) electrons. The second kappa shape index (κ2) is 3.87. The van der Waals surface area contributed by atoms with E-state index in [0.29, 0.717) is 5.88 Å². The average molecular weight is 229 g/mol. The Morgan fingerprint density at radius 1 is 1.43 bits per heavy atom. The molecule has 0 aliphatic heterocycles. The third-order valence-corrected chi connectivity index (χ3v) is 3.94. The quantitative estimate of drug-likeness (QED) is 0.671. The van der Waals surface area contributed by atoms with Gasteiger partial charge < -0.3 is 0 Å². The monoisotopic (exact) mass is 228 g/mol. The molecule has 3 heteroatoms. The number of aryl methyl sites for hydroxylation is 1. The van der Waals surface area contributed by atoms with Crippen molar-refractivity contribution in [2.75, 3.05) is 0 Å². The standard InChI is InChI=1S/C11H10ClFS/c1-2-7-10(6-12)14-9-5-3-4-8(13)11(7)9/h3-5H,2,6H2,1H3. The Bertz CT molecular complexity index is 462. The lowest BCUT2D eigenvalue weighted by atomic mass is 10.1. The number of thiophene rings is 1. The number of alkyl halides is 1. The molecule has 74 valence electrons. The highest BCUT2D eigenvalue weighted by atomic mass is 35.5. The summed E-state index contributed by atoms with van der Waals surface area (Å²) in [6.45, 7) is 2.03. The molecule has 0 bridgehead atoms. The number of fused-ring (bicyclic) bond motifs is 1. The molecule has 0 spiro atoms. The minimum Gasteiger partial charge on any atom is -0.206 e. The fourth-order valence-corrected chi connectivity index (χ4v) is 3.18. The van der Waals surface area contributed by atoms with Gasteiger partial charge in [0, 0.05) is 15.0 Å². The fraction of sp³-hybridized carbons (Fsp3) is 0.273. The van der Waals surface area contributed by atoms with E-state index in [1.807, 2.05) is 13.0 Å². The minimum absolute atomic E-state index is 0.132. The molecule has 1 heterocycles. The van der Waals surface area contributed by atoms with Gasteiger partial charge in [0.2, 0.25) is 0 Å². The lowest BCUT2D eigenvalue weighted by molar-refractivity contribution is 0.639. The number of rotatable bonds is 2. The van der Waals surface area contributed by atoms with Gasteiger partial charge in [0.25, 0.3) is 0 Å². The average Bonchev–Trinajstić information content (AvgIpc) is 2.56. The van der Waals surface area contributed by atoms with E-state index >= 15 is 0 Å². The highest BCUT2D eigenvalue weighted by molar-refractivity contribution is 7.19. The van der Waals surface area contributed by atoms with Crippen molar-refractivity contribution in [2.24, 2.45) is 0 Å². The van der Waals surface area contributed by atoms with E-state index in [0.717, 1.165) is 26.9 Å². The third-order valence-electron chi connectivity index (χ3n) is 2.32. The summed E-state index contributed by atoms with van der Waals surface area (Å²) in [5.74, 6) is 0.342. The van der Waals surface area contributed by atoms with E-state index < -0.39 is 0 Å². The summed E-state index contributed by atoms with van der Waals surface area (Å²) in [5, 5.41) is 0.760. The van der Waals surface area contributed by atoms with Crippen LogP contribution >= 0.6 is 22.9 Å². The van der Waals surface area contributed by atoms with Crippen LogP contribution < -0.4 is 0 Å². The second-order valence-electron chi connectivity index (χ2n) is 3.10. The summed E-state index contributed by atoms with van der Waals surface area (Å²) >= 11 is 7.41. The topological polar surface area (TPSA) is 0 Å². The molecule has 0 atom stereocenters. The first-order valence-electron chi connectivity index (χ1n) is 4.52. The predicted octanol–water partition coefficient (Wildman–Crippen LogP) is 4.34. The Labute approximate surface area is 91.3 Å². The molecule has 0 unspecified atom stereocenters. The Hall–Kier alpha value is -0.600. The van der Waals surface area contributed by atoms with E-state index in [-0.39, 0.29) is 5.82 Å². The zero-order valence-corrected chi connectivity index (χ0v) is 9.38. The van der Waals surface area contributed by atoms with Crippen LogP contribution in [0.2, 0.25) is 0 Å². The van der Waals surface area contributed by atoms with Gasteiger partial charge >= 0.3 is 0 Å². The maximum atomic E-state index is 13.5. The van der Waals surface area contributed by atoms with Gasteiger partial charge in [-0.25, -0.2) is 4.39 Å². The van der Waals surface area contributed by atoms with Crippen molar-refractivity contribution in [1.82, 2.24) is 0 Å². The number of benzene rings is 1. The molecular formula is C11H10ClFS. The Kier molecular flexibility index (Phi) is 2.75. The highest BCUT2D eigenvalue weighted by Gasteiger charge is 2.12. The van der Waals surface area contributed by atoms with Crippen molar-refractivity contribution in [2.45, 2.75) is 19.2 Å². The van der Waals surface area contributed by atoms with Crippen LogP contribution in [0.15, 0.2) is 18.2 Å². The largest absolute Gasteiger partial charge is 0.206 e.